The van der Waals surface area contributed by atoms with Crippen LogP contribution in [0.2, 0.25) is 0 Å². The highest BCUT2D eigenvalue weighted by Crippen LogP contribution is 2.28. The lowest BCUT2D eigenvalue weighted by atomic mass is 10.3. The SMILES string of the molecule is CC[NH+](CC)CCCNC(=O)C1CC1. The lowest BCUT2D eigenvalue weighted by molar-refractivity contribution is -0.896. The molecule has 0 heterocycles. The van der Waals surface area contributed by atoms with E-state index in [9.17, 15) is 4.79 Å². The fourth-order valence-electron chi connectivity index (χ4n) is 1.64. The minimum Gasteiger partial charge on any atom is -0.356 e. The Morgan fingerprint density at radius 1 is 1.36 bits per heavy atom. The summed E-state index contributed by atoms with van der Waals surface area (Å²) >= 11 is 0. The maximum absolute atomic E-state index is 11.3. The van der Waals surface area contributed by atoms with Crippen molar-refractivity contribution in [3.05, 3.63) is 0 Å². The van der Waals surface area contributed by atoms with Gasteiger partial charge in [-0.2, -0.15) is 0 Å². The molecule has 0 aliphatic heterocycles. The van der Waals surface area contributed by atoms with Crippen LogP contribution in [0.25, 0.3) is 0 Å². The fourth-order valence-corrected chi connectivity index (χ4v) is 1.64. The Morgan fingerprint density at radius 3 is 2.50 bits per heavy atom. The highest BCUT2D eigenvalue weighted by atomic mass is 16.2. The quantitative estimate of drug-likeness (QED) is 0.548. The molecular weight excluding hydrogens is 176 g/mol. The molecule has 0 saturated heterocycles. The van der Waals surface area contributed by atoms with Gasteiger partial charge < -0.3 is 10.2 Å². The van der Waals surface area contributed by atoms with Gasteiger partial charge in [0.1, 0.15) is 0 Å². The van der Waals surface area contributed by atoms with Crippen LogP contribution in [0.15, 0.2) is 0 Å². The van der Waals surface area contributed by atoms with Crippen molar-refractivity contribution < 1.29 is 9.69 Å². The van der Waals surface area contributed by atoms with Gasteiger partial charge in [-0.05, 0) is 26.7 Å². The smallest absolute Gasteiger partial charge is 0.223 e. The number of hydrogen-bond donors (Lipinski definition) is 2. The van der Waals surface area contributed by atoms with Gasteiger partial charge >= 0.3 is 0 Å². The van der Waals surface area contributed by atoms with E-state index >= 15 is 0 Å². The molecule has 0 aromatic heterocycles. The average Bonchev–Trinajstić information content (AvgIpc) is 3.01. The maximum Gasteiger partial charge on any atom is 0.223 e. The van der Waals surface area contributed by atoms with Crippen molar-refractivity contribution in [3.8, 4) is 0 Å². The third-order valence-electron chi connectivity index (χ3n) is 2.95. The number of amides is 1. The van der Waals surface area contributed by atoms with Crippen molar-refractivity contribution in [3.63, 3.8) is 0 Å². The molecule has 82 valence electrons. The summed E-state index contributed by atoms with van der Waals surface area (Å²) in [5, 5.41) is 3.00. The molecule has 2 N–H and O–H groups in total. The van der Waals surface area contributed by atoms with Gasteiger partial charge in [0, 0.05) is 18.9 Å². The molecule has 1 saturated carbocycles. The van der Waals surface area contributed by atoms with Crippen LogP contribution in [0.3, 0.4) is 0 Å². The Kier molecular flexibility index (Phi) is 4.94. The molecular formula is C11H23N2O+. The third kappa shape index (κ3) is 4.09. The first-order valence-corrected chi connectivity index (χ1v) is 5.89. The largest absolute Gasteiger partial charge is 0.356 e. The standard InChI is InChI=1S/C11H22N2O/c1-3-13(4-2)9-5-8-12-11(14)10-6-7-10/h10H,3-9H2,1-2H3,(H,12,14)/p+1. The highest BCUT2D eigenvalue weighted by molar-refractivity contribution is 5.80. The highest BCUT2D eigenvalue weighted by Gasteiger charge is 2.28. The molecule has 1 aliphatic rings. The van der Waals surface area contributed by atoms with Crippen LogP contribution in [0.1, 0.15) is 33.1 Å². The van der Waals surface area contributed by atoms with Gasteiger partial charge in [-0.3, -0.25) is 4.79 Å². The van der Waals surface area contributed by atoms with E-state index in [-0.39, 0.29) is 5.91 Å². The Balaban J connectivity index is 1.95. The van der Waals surface area contributed by atoms with E-state index in [0.717, 1.165) is 25.8 Å². The number of nitrogens with one attached hydrogen (secondary N) is 2. The number of rotatable bonds is 7. The molecule has 1 amide bonds. The molecule has 3 nitrogen and oxygen atoms in total. The van der Waals surface area contributed by atoms with Crippen LogP contribution >= 0.6 is 0 Å². The van der Waals surface area contributed by atoms with E-state index < -0.39 is 0 Å². The summed E-state index contributed by atoms with van der Waals surface area (Å²) in [4.78, 5) is 12.9. The minimum absolute atomic E-state index is 0.277. The monoisotopic (exact) mass is 199 g/mol. The minimum atomic E-state index is 0.277. The zero-order valence-electron chi connectivity index (χ0n) is 9.44. The second-order valence-electron chi connectivity index (χ2n) is 4.13. The van der Waals surface area contributed by atoms with Crippen molar-refractivity contribution in [2.45, 2.75) is 33.1 Å². The van der Waals surface area contributed by atoms with Crippen LogP contribution in [-0.4, -0.2) is 32.1 Å². The van der Waals surface area contributed by atoms with Gasteiger partial charge in [-0.25, -0.2) is 0 Å². The molecule has 3 heteroatoms. The van der Waals surface area contributed by atoms with Crippen LogP contribution < -0.4 is 10.2 Å². The summed E-state index contributed by atoms with van der Waals surface area (Å²) < 4.78 is 0. The Labute approximate surface area is 86.9 Å². The first-order valence-electron chi connectivity index (χ1n) is 5.89. The normalized spacial score (nSPS) is 15.9. The molecule has 0 spiro atoms. The van der Waals surface area contributed by atoms with E-state index in [0.29, 0.717) is 5.92 Å². The van der Waals surface area contributed by atoms with E-state index in [2.05, 4.69) is 19.2 Å². The summed E-state index contributed by atoms with van der Waals surface area (Å²) in [5.41, 5.74) is 0. The summed E-state index contributed by atoms with van der Waals surface area (Å²) in [5.74, 6) is 0.635. The van der Waals surface area contributed by atoms with Crippen molar-refractivity contribution >= 4 is 5.91 Å². The van der Waals surface area contributed by atoms with E-state index in [1.807, 2.05) is 0 Å². The maximum atomic E-state index is 11.3. The molecule has 0 atom stereocenters. The molecule has 0 aromatic carbocycles. The van der Waals surface area contributed by atoms with Crippen molar-refractivity contribution in [1.82, 2.24) is 5.32 Å². The van der Waals surface area contributed by atoms with Crippen molar-refractivity contribution in [1.29, 1.82) is 0 Å². The van der Waals surface area contributed by atoms with E-state index in [4.69, 9.17) is 0 Å². The first-order chi connectivity index (χ1) is 6.77. The predicted octanol–water partition coefficient (Wildman–Crippen LogP) is -0.173. The van der Waals surface area contributed by atoms with Crippen molar-refractivity contribution in [2.75, 3.05) is 26.2 Å². The molecule has 0 unspecified atom stereocenters. The molecule has 0 radical (unpaired) electrons. The van der Waals surface area contributed by atoms with Crippen molar-refractivity contribution in [2.24, 2.45) is 5.92 Å². The fraction of sp³-hybridized carbons (Fsp3) is 0.909. The van der Waals surface area contributed by atoms with E-state index in [1.54, 1.807) is 4.90 Å². The number of carbonyl (C=O) groups is 1. The number of hydrogen-bond acceptors (Lipinski definition) is 1. The molecule has 1 rings (SSSR count). The van der Waals surface area contributed by atoms with Gasteiger partial charge in [-0.15, -0.1) is 0 Å². The third-order valence-corrected chi connectivity index (χ3v) is 2.95. The summed E-state index contributed by atoms with van der Waals surface area (Å²) in [6.45, 7) is 8.83. The average molecular weight is 199 g/mol. The lowest BCUT2D eigenvalue weighted by Gasteiger charge is -2.15. The molecule has 1 fully saturated rings. The van der Waals surface area contributed by atoms with Gasteiger partial charge in [0.15, 0.2) is 0 Å². The zero-order valence-corrected chi connectivity index (χ0v) is 9.44. The summed E-state index contributed by atoms with van der Waals surface area (Å²) in [6.07, 6.45) is 3.32. The Bertz CT molecular complexity index is 174. The Morgan fingerprint density at radius 2 is 2.00 bits per heavy atom. The predicted molar refractivity (Wildman–Crippen MR) is 57.3 cm³/mol. The number of quaternary nitrogens is 1. The van der Waals surface area contributed by atoms with Crippen LogP contribution in [0.4, 0.5) is 0 Å². The van der Waals surface area contributed by atoms with Gasteiger partial charge in [0.05, 0.1) is 19.6 Å². The van der Waals surface area contributed by atoms with Crippen LogP contribution in [0.5, 0.6) is 0 Å². The topological polar surface area (TPSA) is 33.5 Å². The second kappa shape index (κ2) is 6.02. The molecule has 0 bridgehead atoms. The van der Waals surface area contributed by atoms with Gasteiger partial charge in [0.25, 0.3) is 0 Å². The van der Waals surface area contributed by atoms with Gasteiger partial charge in [-0.1, -0.05) is 0 Å². The first kappa shape index (κ1) is 11.5. The molecule has 1 aliphatic carbocycles. The van der Waals surface area contributed by atoms with Gasteiger partial charge in [0.2, 0.25) is 5.91 Å². The van der Waals surface area contributed by atoms with E-state index in [1.165, 1.54) is 19.6 Å². The Hall–Kier alpha value is -0.570. The molecule has 0 aromatic rings. The summed E-state index contributed by atoms with van der Waals surface area (Å²) in [6, 6.07) is 0. The summed E-state index contributed by atoms with van der Waals surface area (Å²) in [7, 11) is 0. The lowest BCUT2D eigenvalue weighted by Crippen LogP contribution is -3.11. The zero-order chi connectivity index (χ0) is 10.4. The second-order valence-corrected chi connectivity index (χ2v) is 4.13. The van der Waals surface area contributed by atoms with Crippen LogP contribution in [-0.2, 0) is 4.79 Å². The number of carbonyl (C=O) groups excluding carboxylic acids is 1. The molecule has 14 heavy (non-hydrogen) atoms. The van der Waals surface area contributed by atoms with Crippen LogP contribution in [0, 0.1) is 5.92 Å².